The normalized spacial score (nSPS) is 12.5. The summed E-state index contributed by atoms with van der Waals surface area (Å²) in [6, 6.07) is 0.288. The third kappa shape index (κ3) is 4.13. The largest absolute Gasteiger partial charge is 0.365 e. The number of anilines is 1. The smallest absolute Gasteiger partial charge is 0.143 e. The molecule has 0 amide bonds. The molecule has 0 saturated heterocycles. The van der Waals surface area contributed by atoms with Crippen molar-refractivity contribution in [3.8, 4) is 0 Å². The molecule has 3 N–H and O–H groups in total. The molecule has 1 heterocycles. The zero-order valence-electron chi connectivity index (χ0n) is 8.91. The van der Waals surface area contributed by atoms with Gasteiger partial charge in [-0.05, 0) is 22.4 Å². The van der Waals surface area contributed by atoms with Gasteiger partial charge in [0.1, 0.15) is 12.1 Å². The summed E-state index contributed by atoms with van der Waals surface area (Å²) in [7, 11) is 0. The van der Waals surface area contributed by atoms with E-state index in [0.29, 0.717) is 6.54 Å². The van der Waals surface area contributed by atoms with Crippen molar-refractivity contribution in [2.24, 2.45) is 5.73 Å². The molecule has 0 fully saturated rings. The van der Waals surface area contributed by atoms with Gasteiger partial charge in [0, 0.05) is 18.8 Å². The number of hydrogen-bond acceptors (Lipinski definition) is 4. The quantitative estimate of drug-likeness (QED) is 0.833. The highest BCUT2D eigenvalue weighted by Crippen LogP contribution is 2.18. The molecule has 0 aliphatic carbocycles. The van der Waals surface area contributed by atoms with Crippen LogP contribution in [-0.2, 0) is 0 Å². The molecule has 0 aliphatic rings. The minimum Gasteiger partial charge on any atom is -0.365 e. The van der Waals surface area contributed by atoms with Gasteiger partial charge in [-0.25, -0.2) is 9.97 Å². The summed E-state index contributed by atoms with van der Waals surface area (Å²) in [6.07, 6.45) is 6.69. The molecule has 84 valence electrons. The van der Waals surface area contributed by atoms with Gasteiger partial charge >= 0.3 is 0 Å². The number of aromatic nitrogens is 2. The molecule has 4 nitrogen and oxygen atoms in total. The Balaban J connectivity index is 2.54. The first-order valence-corrected chi connectivity index (χ1v) is 5.99. The second kappa shape index (κ2) is 6.74. The molecule has 0 aromatic carbocycles. The summed E-state index contributed by atoms with van der Waals surface area (Å²) in [4.78, 5) is 8.06. The molecule has 1 aromatic rings. The molecule has 0 aliphatic heterocycles. The Bertz CT molecular complexity index is 293. The van der Waals surface area contributed by atoms with E-state index in [2.05, 4.69) is 38.1 Å². The Labute approximate surface area is 98.8 Å². The van der Waals surface area contributed by atoms with Gasteiger partial charge in [-0.3, -0.25) is 0 Å². The van der Waals surface area contributed by atoms with Gasteiger partial charge in [0.15, 0.2) is 0 Å². The van der Waals surface area contributed by atoms with Crippen molar-refractivity contribution >= 4 is 21.7 Å². The van der Waals surface area contributed by atoms with Crippen LogP contribution in [0.1, 0.15) is 26.2 Å². The highest BCUT2D eigenvalue weighted by Gasteiger charge is 2.08. The number of hydrogen-bond donors (Lipinski definition) is 2. The lowest BCUT2D eigenvalue weighted by Gasteiger charge is -2.17. The lowest BCUT2D eigenvalue weighted by atomic mass is 10.1. The highest BCUT2D eigenvalue weighted by molar-refractivity contribution is 9.10. The van der Waals surface area contributed by atoms with Gasteiger partial charge in [-0.2, -0.15) is 0 Å². The van der Waals surface area contributed by atoms with Crippen molar-refractivity contribution < 1.29 is 0 Å². The van der Waals surface area contributed by atoms with Crippen LogP contribution in [0.25, 0.3) is 0 Å². The summed E-state index contributed by atoms with van der Waals surface area (Å²) in [5, 5.41) is 3.31. The third-order valence-electron chi connectivity index (χ3n) is 2.20. The van der Waals surface area contributed by atoms with Crippen molar-refractivity contribution in [1.82, 2.24) is 9.97 Å². The zero-order chi connectivity index (χ0) is 11.1. The van der Waals surface area contributed by atoms with E-state index < -0.39 is 0 Å². The van der Waals surface area contributed by atoms with Crippen LogP contribution in [0.15, 0.2) is 17.0 Å². The predicted molar refractivity (Wildman–Crippen MR) is 65.7 cm³/mol. The van der Waals surface area contributed by atoms with Crippen LogP contribution >= 0.6 is 15.9 Å². The van der Waals surface area contributed by atoms with Gasteiger partial charge < -0.3 is 11.1 Å². The van der Waals surface area contributed by atoms with Crippen LogP contribution in [0.2, 0.25) is 0 Å². The average molecular weight is 273 g/mol. The summed E-state index contributed by atoms with van der Waals surface area (Å²) in [6.45, 7) is 2.80. The second-order valence-corrected chi connectivity index (χ2v) is 4.29. The Morgan fingerprint density at radius 1 is 1.60 bits per heavy atom. The Kier molecular flexibility index (Phi) is 5.57. The molecule has 1 rings (SSSR count). The van der Waals surface area contributed by atoms with E-state index in [0.717, 1.165) is 16.7 Å². The lowest BCUT2D eigenvalue weighted by Crippen LogP contribution is -2.29. The van der Waals surface area contributed by atoms with Crippen molar-refractivity contribution in [3.63, 3.8) is 0 Å². The summed E-state index contributed by atoms with van der Waals surface area (Å²) < 4.78 is 0.875. The van der Waals surface area contributed by atoms with E-state index in [4.69, 9.17) is 5.73 Å². The van der Waals surface area contributed by atoms with Crippen LogP contribution in [0, 0.1) is 0 Å². The first-order chi connectivity index (χ1) is 7.27. The molecular weight excluding hydrogens is 256 g/mol. The fraction of sp³-hybridized carbons (Fsp3) is 0.600. The fourth-order valence-electron chi connectivity index (χ4n) is 1.31. The standard InChI is InChI=1S/C10H17BrN4/c1-2-3-4-8(5-12)15-10-9(11)6-13-7-14-10/h6-8H,2-5,12H2,1H3,(H,13,14,15). The zero-order valence-corrected chi connectivity index (χ0v) is 10.5. The molecule has 0 saturated carbocycles. The minimum atomic E-state index is 0.288. The molecule has 1 unspecified atom stereocenters. The van der Waals surface area contributed by atoms with Crippen molar-refractivity contribution in [2.75, 3.05) is 11.9 Å². The molecule has 5 heteroatoms. The molecule has 1 aromatic heterocycles. The van der Waals surface area contributed by atoms with Crippen molar-refractivity contribution in [2.45, 2.75) is 32.2 Å². The van der Waals surface area contributed by atoms with Crippen LogP contribution in [-0.4, -0.2) is 22.6 Å². The Hall–Kier alpha value is -0.680. The molecule has 1 atom stereocenters. The monoisotopic (exact) mass is 272 g/mol. The van der Waals surface area contributed by atoms with Gasteiger partial charge in [0.2, 0.25) is 0 Å². The fourth-order valence-corrected chi connectivity index (χ4v) is 1.65. The molecule has 15 heavy (non-hydrogen) atoms. The number of nitrogens with zero attached hydrogens (tertiary/aromatic N) is 2. The Morgan fingerprint density at radius 2 is 2.40 bits per heavy atom. The first kappa shape index (κ1) is 12.4. The van der Waals surface area contributed by atoms with E-state index in [9.17, 15) is 0 Å². The number of nitrogens with one attached hydrogen (secondary N) is 1. The minimum absolute atomic E-state index is 0.288. The average Bonchev–Trinajstić information content (AvgIpc) is 2.26. The molecule has 0 bridgehead atoms. The molecule has 0 spiro atoms. The Morgan fingerprint density at radius 3 is 3.00 bits per heavy atom. The van der Waals surface area contributed by atoms with E-state index in [-0.39, 0.29) is 6.04 Å². The van der Waals surface area contributed by atoms with E-state index in [1.54, 1.807) is 6.20 Å². The molecular formula is C10H17BrN4. The number of halogens is 1. The van der Waals surface area contributed by atoms with Crippen LogP contribution < -0.4 is 11.1 Å². The summed E-state index contributed by atoms with van der Waals surface area (Å²) >= 11 is 3.39. The van der Waals surface area contributed by atoms with E-state index in [1.807, 2.05) is 0 Å². The van der Waals surface area contributed by atoms with Gasteiger partial charge in [-0.1, -0.05) is 19.8 Å². The van der Waals surface area contributed by atoms with Crippen LogP contribution in [0.4, 0.5) is 5.82 Å². The third-order valence-corrected chi connectivity index (χ3v) is 2.78. The number of nitrogens with two attached hydrogens (primary N) is 1. The second-order valence-electron chi connectivity index (χ2n) is 3.44. The van der Waals surface area contributed by atoms with E-state index >= 15 is 0 Å². The number of unbranched alkanes of at least 4 members (excludes halogenated alkanes) is 1. The van der Waals surface area contributed by atoms with Gasteiger partial charge in [0.05, 0.1) is 4.47 Å². The maximum atomic E-state index is 5.69. The predicted octanol–water partition coefficient (Wildman–Crippen LogP) is 2.17. The summed E-state index contributed by atoms with van der Waals surface area (Å²) in [5.41, 5.74) is 5.69. The van der Waals surface area contributed by atoms with Gasteiger partial charge in [-0.15, -0.1) is 0 Å². The maximum Gasteiger partial charge on any atom is 0.143 e. The maximum absolute atomic E-state index is 5.69. The molecule has 0 radical (unpaired) electrons. The van der Waals surface area contributed by atoms with Crippen molar-refractivity contribution in [1.29, 1.82) is 0 Å². The van der Waals surface area contributed by atoms with Gasteiger partial charge in [0.25, 0.3) is 0 Å². The topological polar surface area (TPSA) is 63.8 Å². The number of rotatable bonds is 6. The van der Waals surface area contributed by atoms with Crippen LogP contribution in [0.3, 0.4) is 0 Å². The van der Waals surface area contributed by atoms with Crippen LogP contribution in [0.5, 0.6) is 0 Å². The highest BCUT2D eigenvalue weighted by atomic mass is 79.9. The lowest BCUT2D eigenvalue weighted by molar-refractivity contribution is 0.612. The van der Waals surface area contributed by atoms with Crippen molar-refractivity contribution in [3.05, 3.63) is 17.0 Å². The summed E-state index contributed by atoms with van der Waals surface area (Å²) in [5.74, 6) is 0.816. The SMILES string of the molecule is CCCCC(CN)Nc1ncncc1Br. The first-order valence-electron chi connectivity index (χ1n) is 5.20. The van der Waals surface area contributed by atoms with E-state index in [1.165, 1.54) is 19.2 Å².